The van der Waals surface area contributed by atoms with Crippen LogP contribution in [0.2, 0.25) is 0 Å². The van der Waals surface area contributed by atoms with E-state index in [2.05, 4.69) is 149 Å². The van der Waals surface area contributed by atoms with E-state index in [0.29, 0.717) is 34.1 Å². The number of fused-ring (bicyclic) bond motifs is 8. The maximum atomic E-state index is 14.8. The Morgan fingerprint density at radius 1 is 0.297 bits per heavy atom. The fourth-order valence-electron chi connectivity index (χ4n) is 9.83. The normalized spacial score (nSPS) is 12.5. The lowest BCUT2D eigenvalue weighted by atomic mass is 9.84. The lowest BCUT2D eigenvalue weighted by Gasteiger charge is -2.22. The Morgan fingerprint density at radius 3 is 0.811 bits per heavy atom. The van der Waals surface area contributed by atoms with Gasteiger partial charge in [0.25, 0.3) is 0 Å². The minimum atomic E-state index is -0.437. The third kappa shape index (κ3) is 9.57. The Bertz CT molecular complexity index is 3640. The molecule has 2 heterocycles. The molecule has 0 aliphatic rings. The Kier molecular flexibility index (Phi) is 12.0. The highest BCUT2D eigenvalue weighted by Crippen LogP contribution is 2.43. The summed E-state index contributed by atoms with van der Waals surface area (Å²) in [4.78, 5) is 50.0. The summed E-state index contributed by atoms with van der Waals surface area (Å²) in [7, 11) is 0. The van der Waals surface area contributed by atoms with E-state index in [4.69, 9.17) is 0 Å². The van der Waals surface area contributed by atoms with Crippen molar-refractivity contribution in [2.75, 3.05) is 31.9 Å². The van der Waals surface area contributed by atoms with Crippen molar-refractivity contribution < 1.29 is 14.4 Å². The van der Waals surface area contributed by atoms with Gasteiger partial charge in [0.15, 0.2) is 0 Å². The molecule has 0 saturated carbocycles. The van der Waals surface area contributed by atoms with Crippen LogP contribution in [0.15, 0.2) is 133 Å². The monoisotopic (exact) mass is 983 g/mol. The molecule has 8 aromatic carbocycles. The predicted molar refractivity (Wildman–Crippen MR) is 312 cm³/mol. The van der Waals surface area contributed by atoms with Crippen LogP contribution in [0.3, 0.4) is 0 Å². The number of hydrogen-bond donors (Lipinski definition) is 8. The summed E-state index contributed by atoms with van der Waals surface area (Å²) in [5, 5.41) is 26.7. The zero-order chi connectivity index (χ0) is 52.6. The second-order valence-corrected chi connectivity index (χ2v) is 23.8. The number of aromatic amines is 2. The maximum Gasteiger partial charge on any atom is 0.323 e. The van der Waals surface area contributed by atoms with Crippen LogP contribution in [0.4, 0.5) is 48.5 Å². The summed E-state index contributed by atoms with van der Waals surface area (Å²) in [6.45, 7) is 25.9. The average Bonchev–Trinajstić information content (AvgIpc) is 3.92. The molecule has 10 aromatic rings. The van der Waals surface area contributed by atoms with Crippen LogP contribution in [0.25, 0.3) is 65.2 Å². The van der Waals surface area contributed by atoms with E-state index in [1.165, 1.54) is 0 Å². The topological polar surface area (TPSA) is 155 Å². The van der Waals surface area contributed by atoms with Gasteiger partial charge in [0.1, 0.15) is 0 Å². The smallest absolute Gasteiger partial charge is 0.323 e. The lowest BCUT2D eigenvalue weighted by Crippen LogP contribution is -2.21. The Hall–Kier alpha value is -8.31. The Morgan fingerprint density at radius 2 is 0.541 bits per heavy atom. The summed E-state index contributed by atoms with van der Waals surface area (Å²) < 4.78 is 0. The average molecular weight is 983 g/mol. The second kappa shape index (κ2) is 18.0. The molecule has 376 valence electrons. The summed E-state index contributed by atoms with van der Waals surface area (Å²) in [6.07, 6.45) is 0. The quantitative estimate of drug-likeness (QED) is 0.0836. The standard InChI is InChI=1S/C63H66N8O3/c1-60(2,3)37-27-43-45-29-39(62(7,8)9)33-51(55(45)70-53(43)49(31-37)66-57(72)64-47-25-17-21-35-19-13-15-23-41(35)47)68-59(74)69-52-34-40(63(10,11)12)30-46-44-28-38(61(4,5)6)32-50(54(44)71-56(46)52)67-58(73)65-48-26-18-22-36-20-14-16-24-42(36)48/h13-34,70-71H,1-12H3,(H2,64,66,72)(H2,65,67,73)(H2,68,69,74). The zero-order valence-electron chi connectivity index (χ0n) is 44.4. The summed E-state index contributed by atoms with van der Waals surface area (Å²) in [5.41, 5.74) is 9.77. The Balaban J connectivity index is 1.04. The first-order valence-corrected chi connectivity index (χ1v) is 25.4. The first-order chi connectivity index (χ1) is 34.9. The van der Waals surface area contributed by atoms with E-state index in [1.54, 1.807) is 0 Å². The van der Waals surface area contributed by atoms with Gasteiger partial charge in [-0.1, -0.05) is 156 Å². The van der Waals surface area contributed by atoms with Gasteiger partial charge in [-0.3, -0.25) is 0 Å². The largest absolute Gasteiger partial charge is 0.351 e. The van der Waals surface area contributed by atoms with Gasteiger partial charge in [0.2, 0.25) is 0 Å². The Labute approximate surface area is 432 Å². The third-order valence-corrected chi connectivity index (χ3v) is 14.2. The van der Waals surface area contributed by atoms with E-state index in [-0.39, 0.29) is 33.7 Å². The number of nitrogens with one attached hydrogen (secondary N) is 8. The molecular formula is C63H66N8O3. The SMILES string of the molecule is CC(C)(C)c1cc(NC(=O)Nc2cccc3ccccc23)c2[nH]c3c(NC(=O)Nc4cc(C(C)(C)C)cc5c4[nH]c4c(NC(=O)Nc6cccc7ccccc67)cc(C(C)(C)C)cc45)cc(C(C)(C)C)cc3c2c1. The number of aromatic nitrogens is 2. The molecule has 0 aliphatic heterocycles. The fraction of sp³-hybridized carbons (Fsp3) is 0.254. The predicted octanol–water partition coefficient (Wildman–Crippen LogP) is 17.4. The van der Waals surface area contributed by atoms with E-state index in [9.17, 15) is 14.4 Å². The first-order valence-electron chi connectivity index (χ1n) is 25.4. The van der Waals surface area contributed by atoms with E-state index < -0.39 is 6.03 Å². The highest BCUT2D eigenvalue weighted by molar-refractivity contribution is 6.21. The highest BCUT2D eigenvalue weighted by atomic mass is 16.2. The van der Waals surface area contributed by atoms with Crippen molar-refractivity contribution in [1.29, 1.82) is 0 Å². The van der Waals surface area contributed by atoms with Crippen LogP contribution < -0.4 is 31.9 Å². The molecule has 0 bridgehead atoms. The number of rotatable bonds is 6. The van der Waals surface area contributed by atoms with Crippen LogP contribution in [-0.4, -0.2) is 28.1 Å². The van der Waals surface area contributed by atoms with Crippen molar-refractivity contribution in [2.45, 2.75) is 105 Å². The minimum absolute atomic E-state index is 0.256. The highest BCUT2D eigenvalue weighted by Gasteiger charge is 2.27. The van der Waals surface area contributed by atoms with Crippen molar-refractivity contribution in [2.24, 2.45) is 0 Å². The molecule has 0 atom stereocenters. The molecule has 11 nitrogen and oxygen atoms in total. The minimum Gasteiger partial charge on any atom is -0.351 e. The van der Waals surface area contributed by atoms with Crippen LogP contribution in [0.5, 0.6) is 0 Å². The zero-order valence-corrected chi connectivity index (χ0v) is 44.4. The van der Waals surface area contributed by atoms with Gasteiger partial charge < -0.3 is 41.9 Å². The van der Waals surface area contributed by atoms with Gasteiger partial charge in [-0.25, -0.2) is 14.4 Å². The number of amides is 6. The molecule has 2 aromatic heterocycles. The van der Waals surface area contributed by atoms with Gasteiger partial charge in [-0.05, 0) is 115 Å². The summed E-state index contributed by atoms with van der Waals surface area (Å²) in [5.74, 6) is 0. The second-order valence-electron chi connectivity index (χ2n) is 23.8. The molecular weight excluding hydrogens is 917 g/mol. The number of H-pyrrole nitrogens is 2. The van der Waals surface area contributed by atoms with Gasteiger partial charge >= 0.3 is 18.1 Å². The van der Waals surface area contributed by atoms with Crippen LogP contribution in [0, 0.1) is 0 Å². The van der Waals surface area contributed by atoms with Gasteiger partial charge in [-0.15, -0.1) is 0 Å². The molecule has 6 amide bonds. The number of carbonyl (C=O) groups excluding carboxylic acids is 3. The molecule has 0 saturated heterocycles. The van der Waals surface area contributed by atoms with Gasteiger partial charge in [0, 0.05) is 32.3 Å². The van der Waals surface area contributed by atoms with E-state index in [1.807, 2.05) is 109 Å². The van der Waals surface area contributed by atoms with Gasteiger partial charge in [-0.2, -0.15) is 0 Å². The molecule has 11 heteroatoms. The number of hydrogen-bond acceptors (Lipinski definition) is 3. The molecule has 0 aliphatic carbocycles. The molecule has 10 rings (SSSR count). The molecule has 0 fully saturated rings. The molecule has 0 spiro atoms. The molecule has 74 heavy (non-hydrogen) atoms. The molecule has 0 radical (unpaired) electrons. The maximum absolute atomic E-state index is 14.8. The summed E-state index contributed by atoms with van der Waals surface area (Å²) in [6, 6.07) is 43.3. The summed E-state index contributed by atoms with van der Waals surface area (Å²) >= 11 is 0. The fourth-order valence-corrected chi connectivity index (χ4v) is 9.83. The van der Waals surface area contributed by atoms with E-state index >= 15 is 0 Å². The van der Waals surface area contributed by atoms with Crippen molar-refractivity contribution >= 4 is 117 Å². The van der Waals surface area contributed by atoms with Crippen LogP contribution in [-0.2, 0) is 21.7 Å². The lowest BCUT2D eigenvalue weighted by molar-refractivity contribution is 0.261. The number of benzene rings is 8. The number of anilines is 6. The van der Waals surface area contributed by atoms with Crippen LogP contribution >= 0.6 is 0 Å². The molecule has 8 N–H and O–H groups in total. The number of urea groups is 3. The first kappa shape index (κ1) is 49.3. The van der Waals surface area contributed by atoms with Crippen molar-refractivity contribution in [1.82, 2.24) is 9.97 Å². The van der Waals surface area contributed by atoms with Crippen molar-refractivity contribution in [3.8, 4) is 0 Å². The number of carbonyl (C=O) groups is 3. The molecule has 0 unspecified atom stereocenters. The third-order valence-electron chi connectivity index (χ3n) is 14.2. The van der Waals surface area contributed by atoms with Crippen molar-refractivity contribution in [3.05, 3.63) is 156 Å². The van der Waals surface area contributed by atoms with Crippen LogP contribution in [0.1, 0.15) is 105 Å². The van der Waals surface area contributed by atoms with Crippen molar-refractivity contribution in [3.63, 3.8) is 0 Å². The van der Waals surface area contributed by atoms with Gasteiger partial charge in [0.05, 0.1) is 56.2 Å². The van der Waals surface area contributed by atoms with E-state index in [0.717, 1.165) is 87.4 Å².